The van der Waals surface area contributed by atoms with E-state index >= 15 is 0 Å². The SMILES string of the molecule is Cl.NC1C2CCC(C2)C1C(=O)NC1CCCC2OCCC12. The molecule has 3 aliphatic carbocycles. The van der Waals surface area contributed by atoms with E-state index in [9.17, 15) is 4.79 Å². The van der Waals surface area contributed by atoms with Gasteiger partial charge in [0.15, 0.2) is 0 Å². The van der Waals surface area contributed by atoms with Crippen LogP contribution in [0, 0.1) is 23.7 Å². The second-order valence-electron chi connectivity index (χ2n) is 7.34. The van der Waals surface area contributed by atoms with Gasteiger partial charge in [-0.15, -0.1) is 12.4 Å². The molecule has 7 unspecified atom stereocenters. The average Bonchev–Trinajstić information content (AvgIpc) is 3.13. The molecule has 1 saturated heterocycles. The van der Waals surface area contributed by atoms with Gasteiger partial charge in [-0.05, 0) is 56.8 Å². The first-order valence-corrected chi connectivity index (χ1v) is 8.41. The van der Waals surface area contributed by atoms with Gasteiger partial charge in [-0.1, -0.05) is 0 Å². The van der Waals surface area contributed by atoms with Gasteiger partial charge >= 0.3 is 0 Å². The molecule has 0 aromatic rings. The smallest absolute Gasteiger partial charge is 0.225 e. The van der Waals surface area contributed by atoms with E-state index < -0.39 is 0 Å². The quantitative estimate of drug-likeness (QED) is 0.817. The molecule has 4 nitrogen and oxygen atoms in total. The molecule has 1 aliphatic heterocycles. The summed E-state index contributed by atoms with van der Waals surface area (Å²) in [5.74, 6) is 2.01. The van der Waals surface area contributed by atoms with E-state index in [-0.39, 0.29) is 30.3 Å². The molecule has 4 aliphatic rings. The molecular formula is C16H27ClN2O2. The van der Waals surface area contributed by atoms with Crippen LogP contribution in [0.2, 0.25) is 0 Å². The van der Waals surface area contributed by atoms with E-state index in [4.69, 9.17) is 10.5 Å². The zero-order valence-electron chi connectivity index (χ0n) is 12.5. The van der Waals surface area contributed by atoms with Crippen molar-refractivity contribution in [1.82, 2.24) is 5.32 Å². The van der Waals surface area contributed by atoms with Gasteiger partial charge in [0.1, 0.15) is 0 Å². The summed E-state index contributed by atoms with van der Waals surface area (Å²) in [6.07, 6.45) is 8.58. The lowest BCUT2D eigenvalue weighted by atomic mass is 9.80. The van der Waals surface area contributed by atoms with Crippen LogP contribution >= 0.6 is 12.4 Å². The number of fused-ring (bicyclic) bond motifs is 3. The zero-order valence-corrected chi connectivity index (χ0v) is 13.3. The number of rotatable bonds is 2. The molecule has 0 aromatic carbocycles. The molecule has 0 radical (unpaired) electrons. The predicted octanol–water partition coefficient (Wildman–Crippen LogP) is 1.86. The van der Waals surface area contributed by atoms with E-state index in [0.29, 0.717) is 29.9 Å². The number of hydrogen-bond acceptors (Lipinski definition) is 3. The fourth-order valence-corrected chi connectivity index (χ4v) is 5.36. The van der Waals surface area contributed by atoms with Crippen LogP contribution in [0.5, 0.6) is 0 Å². The molecule has 2 bridgehead atoms. The molecule has 1 amide bonds. The number of ether oxygens (including phenoxy) is 1. The van der Waals surface area contributed by atoms with Crippen molar-refractivity contribution in [2.45, 2.75) is 63.1 Å². The second kappa shape index (κ2) is 6.05. The highest BCUT2D eigenvalue weighted by atomic mass is 35.5. The summed E-state index contributed by atoms with van der Waals surface area (Å²) >= 11 is 0. The number of amides is 1. The molecular weight excluding hydrogens is 288 g/mol. The number of carbonyl (C=O) groups excluding carboxylic acids is 1. The molecule has 4 fully saturated rings. The maximum atomic E-state index is 12.7. The van der Waals surface area contributed by atoms with Crippen LogP contribution in [0.4, 0.5) is 0 Å². The molecule has 1 heterocycles. The largest absolute Gasteiger partial charge is 0.378 e. The molecule has 3 saturated carbocycles. The first kappa shape index (κ1) is 15.6. The molecule has 4 rings (SSSR count). The van der Waals surface area contributed by atoms with E-state index in [1.807, 2.05) is 0 Å². The second-order valence-corrected chi connectivity index (χ2v) is 7.34. The first-order valence-electron chi connectivity index (χ1n) is 8.41. The van der Waals surface area contributed by atoms with Crippen molar-refractivity contribution in [3.63, 3.8) is 0 Å². The fraction of sp³-hybridized carbons (Fsp3) is 0.938. The van der Waals surface area contributed by atoms with Gasteiger partial charge in [0.2, 0.25) is 5.91 Å². The molecule has 5 heteroatoms. The maximum Gasteiger partial charge on any atom is 0.225 e. The standard InChI is InChI=1S/C16H26N2O2.ClH/c17-15-10-5-4-9(8-10)14(15)16(19)18-12-2-1-3-13-11(12)6-7-20-13;/h9-15H,1-8,17H2,(H,18,19);1H. The monoisotopic (exact) mass is 314 g/mol. The lowest BCUT2D eigenvalue weighted by Crippen LogP contribution is -2.52. The number of halogens is 1. The highest BCUT2D eigenvalue weighted by Crippen LogP contribution is 2.48. The first-order chi connectivity index (χ1) is 9.74. The van der Waals surface area contributed by atoms with Gasteiger partial charge < -0.3 is 15.8 Å². The van der Waals surface area contributed by atoms with E-state index in [2.05, 4.69) is 5.32 Å². The van der Waals surface area contributed by atoms with Crippen molar-refractivity contribution in [2.24, 2.45) is 29.4 Å². The normalized spacial score (nSPS) is 47.8. The van der Waals surface area contributed by atoms with Gasteiger partial charge in [-0.2, -0.15) is 0 Å². The Morgan fingerprint density at radius 1 is 1.10 bits per heavy atom. The van der Waals surface area contributed by atoms with Crippen LogP contribution in [-0.4, -0.2) is 30.7 Å². The van der Waals surface area contributed by atoms with Gasteiger partial charge in [-0.3, -0.25) is 4.79 Å². The summed E-state index contributed by atoms with van der Waals surface area (Å²) in [4.78, 5) is 12.7. The number of hydrogen-bond donors (Lipinski definition) is 2. The summed E-state index contributed by atoms with van der Waals surface area (Å²) in [6, 6.07) is 0.433. The minimum atomic E-state index is 0. The minimum Gasteiger partial charge on any atom is -0.378 e. The number of nitrogens with one attached hydrogen (secondary N) is 1. The Morgan fingerprint density at radius 2 is 1.90 bits per heavy atom. The van der Waals surface area contributed by atoms with Crippen molar-refractivity contribution in [2.75, 3.05) is 6.61 Å². The van der Waals surface area contributed by atoms with Crippen LogP contribution in [0.3, 0.4) is 0 Å². The van der Waals surface area contributed by atoms with E-state index in [1.165, 1.54) is 32.1 Å². The van der Waals surface area contributed by atoms with Gasteiger partial charge in [0.25, 0.3) is 0 Å². The van der Waals surface area contributed by atoms with Gasteiger partial charge in [0, 0.05) is 24.6 Å². The Morgan fingerprint density at radius 3 is 2.67 bits per heavy atom. The number of nitrogens with two attached hydrogens (primary N) is 1. The Hall–Kier alpha value is -0.320. The highest BCUT2D eigenvalue weighted by molar-refractivity contribution is 5.85. The van der Waals surface area contributed by atoms with E-state index in [1.54, 1.807) is 0 Å². The third-order valence-electron chi connectivity index (χ3n) is 6.39. The summed E-state index contributed by atoms with van der Waals surface area (Å²) in [7, 11) is 0. The third-order valence-corrected chi connectivity index (χ3v) is 6.39. The van der Waals surface area contributed by atoms with Crippen molar-refractivity contribution < 1.29 is 9.53 Å². The summed E-state index contributed by atoms with van der Waals surface area (Å²) in [5, 5.41) is 3.35. The zero-order chi connectivity index (χ0) is 13.7. The van der Waals surface area contributed by atoms with Crippen LogP contribution in [-0.2, 0) is 9.53 Å². The van der Waals surface area contributed by atoms with Crippen LogP contribution in [0.15, 0.2) is 0 Å². The third kappa shape index (κ3) is 2.60. The minimum absolute atomic E-state index is 0. The number of carbonyl (C=O) groups is 1. The molecule has 0 aromatic heterocycles. The summed E-state index contributed by atoms with van der Waals surface area (Å²) in [5.41, 5.74) is 6.29. The Bertz CT molecular complexity index is 404. The lowest BCUT2D eigenvalue weighted by Gasteiger charge is -2.35. The summed E-state index contributed by atoms with van der Waals surface area (Å²) < 4.78 is 5.79. The summed E-state index contributed by atoms with van der Waals surface area (Å²) in [6.45, 7) is 0.870. The van der Waals surface area contributed by atoms with Crippen molar-refractivity contribution in [1.29, 1.82) is 0 Å². The predicted molar refractivity (Wildman–Crippen MR) is 83.2 cm³/mol. The van der Waals surface area contributed by atoms with Crippen LogP contribution in [0.25, 0.3) is 0 Å². The van der Waals surface area contributed by atoms with Crippen molar-refractivity contribution >= 4 is 18.3 Å². The molecule has 7 atom stereocenters. The van der Waals surface area contributed by atoms with Crippen LogP contribution in [0.1, 0.15) is 44.9 Å². The lowest BCUT2D eigenvalue weighted by molar-refractivity contribution is -0.128. The Kier molecular flexibility index (Phi) is 4.49. The average molecular weight is 315 g/mol. The molecule has 120 valence electrons. The Balaban J connectivity index is 0.00000132. The highest BCUT2D eigenvalue weighted by Gasteiger charge is 2.50. The van der Waals surface area contributed by atoms with Crippen molar-refractivity contribution in [3.8, 4) is 0 Å². The van der Waals surface area contributed by atoms with Crippen LogP contribution < -0.4 is 11.1 Å². The molecule has 21 heavy (non-hydrogen) atoms. The molecule has 3 N–H and O–H groups in total. The molecule has 0 spiro atoms. The van der Waals surface area contributed by atoms with Gasteiger partial charge in [-0.25, -0.2) is 0 Å². The van der Waals surface area contributed by atoms with Gasteiger partial charge in [0.05, 0.1) is 12.0 Å². The topological polar surface area (TPSA) is 64.4 Å². The van der Waals surface area contributed by atoms with E-state index in [0.717, 1.165) is 19.4 Å². The Labute approximate surface area is 133 Å². The van der Waals surface area contributed by atoms with Crippen molar-refractivity contribution in [3.05, 3.63) is 0 Å². The maximum absolute atomic E-state index is 12.7. The fourth-order valence-electron chi connectivity index (χ4n) is 5.36.